The molecule has 1 aromatic carbocycles. The maximum Gasteiger partial charge on any atom is 0.238 e. The summed E-state index contributed by atoms with van der Waals surface area (Å²) in [7, 11) is 0. The Bertz CT molecular complexity index is 568. The van der Waals surface area contributed by atoms with Crippen LogP contribution in [0.2, 0.25) is 0 Å². The standard InChI is InChI=1S/C19H27N3O2/c23-19(14-22-9-8-15-2-1-3-18(15)22)20-16-4-6-17(7-5-16)21-10-12-24-13-11-21/h4-7,15,18H,1-3,8-14H2,(H,20,23). The third-order valence-electron chi connectivity index (χ3n) is 5.75. The number of nitrogens with one attached hydrogen (secondary N) is 1. The molecule has 2 atom stereocenters. The van der Waals surface area contributed by atoms with Gasteiger partial charge in [0.25, 0.3) is 0 Å². The lowest BCUT2D eigenvalue weighted by atomic mass is 10.0. The van der Waals surface area contributed by atoms with Crippen molar-refractivity contribution in [1.29, 1.82) is 0 Å². The van der Waals surface area contributed by atoms with Crippen molar-refractivity contribution in [3.05, 3.63) is 24.3 Å². The first-order valence-corrected chi connectivity index (χ1v) is 9.26. The van der Waals surface area contributed by atoms with Crippen LogP contribution in [0.25, 0.3) is 0 Å². The van der Waals surface area contributed by atoms with E-state index in [0.717, 1.165) is 44.5 Å². The molecule has 1 N–H and O–H groups in total. The maximum absolute atomic E-state index is 12.4. The summed E-state index contributed by atoms with van der Waals surface area (Å²) >= 11 is 0. The van der Waals surface area contributed by atoms with Crippen molar-refractivity contribution in [3.8, 4) is 0 Å². The molecule has 5 nitrogen and oxygen atoms in total. The number of fused-ring (bicyclic) bond motifs is 1. The topological polar surface area (TPSA) is 44.8 Å². The van der Waals surface area contributed by atoms with Crippen LogP contribution in [0.4, 0.5) is 11.4 Å². The predicted octanol–water partition coefficient (Wildman–Crippen LogP) is 2.34. The molecule has 0 spiro atoms. The number of hydrogen-bond acceptors (Lipinski definition) is 4. The number of carbonyl (C=O) groups is 1. The van der Waals surface area contributed by atoms with E-state index in [4.69, 9.17) is 4.74 Å². The van der Waals surface area contributed by atoms with Gasteiger partial charge in [-0.25, -0.2) is 0 Å². The second-order valence-corrected chi connectivity index (χ2v) is 7.21. The molecule has 24 heavy (non-hydrogen) atoms. The zero-order chi connectivity index (χ0) is 16.4. The largest absolute Gasteiger partial charge is 0.378 e. The van der Waals surface area contributed by atoms with E-state index >= 15 is 0 Å². The highest BCUT2D eigenvalue weighted by Gasteiger charge is 2.37. The number of rotatable bonds is 4. The van der Waals surface area contributed by atoms with E-state index < -0.39 is 0 Å². The van der Waals surface area contributed by atoms with E-state index in [9.17, 15) is 4.79 Å². The molecule has 1 aliphatic carbocycles. The van der Waals surface area contributed by atoms with Crippen molar-refractivity contribution < 1.29 is 9.53 Å². The molecule has 1 aromatic rings. The Labute approximate surface area is 144 Å². The summed E-state index contributed by atoms with van der Waals surface area (Å²) in [6, 6.07) is 8.84. The lowest BCUT2D eigenvalue weighted by Crippen LogP contribution is -2.37. The fourth-order valence-electron chi connectivity index (χ4n) is 4.49. The SMILES string of the molecule is O=C(CN1CCC2CCCC21)Nc1ccc(N2CCOCC2)cc1. The van der Waals surface area contributed by atoms with Crippen molar-refractivity contribution in [2.75, 3.05) is 49.6 Å². The summed E-state index contributed by atoms with van der Waals surface area (Å²) in [5.74, 6) is 0.951. The van der Waals surface area contributed by atoms with Crippen LogP contribution in [0.5, 0.6) is 0 Å². The Morgan fingerprint density at radius 3 is 2.67 bits per heavy atom. The van der Waals surface area contributed by atoms with Crippen molar-refractivity contribution in [1.82, 2.24) is 4.90 Å². The first kappa shape index (κ1) is 15.9. The van der Waals surface area contributed by atoms with Gasteiger partial charge in [0.2, 0.25) is 5.91 Å². The number of amides is 1. The lowest BCUT2D eigenvalue weighted by Gasteiger charge is -2.29. The average molecular weight is 329 g/mol. The fraction of sp³-hybridized carbons (Fsp3) is 0.632. The van der Waals surface area contributed by atoms with Crippen LogP contribution >= 0.6 is 0 Å². The molecular formula is C19H27N3O2. The van der Waals surface area contributed by atoms with Crippen LogP contribution in [0.15, 0.2) is 24.3 Å². The van der Waals surface area contributed by atoms with E-state index in [1.807, 2.05) is 12.1 Å². The smallest absolute Gasteiger partial charge is 0.238 e. The molecule has 3 fully saturated rings. The molecule has 5 heteroatoms. The molecule has 1 amide bonds. The molecule has 4 rings (SSSR count). The fourth-order valence-corrected chi connectivity index (χ4v) is 4.49. The number of benzene rings is 1. The maximum atomic E-state index is 12.4. The van der Waals surface area contributed by atoms with Crippen LogP contribution in [0.1, 0.15) is 25.7 Å². The second kappa shape index (κ2) is 7.11. The van der Waals surface area contributed by atoms with Gasteiger partial charge in [-0.3, -0.25) is 9.69 Å². The van der Waals surface area contributed by atoms with Gasteiger partial charge in [-0.15, -0.1) is 0 Å². The summed E-state index contributed by atoms with van der Waals surface area (Å²) in [5, 5.41) is 3.06. The van der Waals surface area contributed by atoms with Crippen LogP contribution < -0.4 is 10.2 Å². The number of anilines is 2. The molecule has 0 aromatic heterocycles. The summed E-state index contributed by atoms with van der Waals surface area (Å²) in [6.45, 7) is 5.06. The summed E-state index contributed by atoms with van der Waals surface area (Å²) in [5.41, 5.74) is 2.09. The number of hydrogen-bond donors (Lipinski definition) is 1. The quantitative estimate of drug-likeness (QED) is 0.921. The minimum atomic E-state index is 0.113. The first-order chi connectivity index (χ1) is 11.8. The van der Waals surface area contributed by atoms with Crippen LogP contribution in [-0.4, -0.2) is 56.2 Å². The summed E-state index contributed by atoms with van der Waals surface area (Å²) in [6.07, 6.45) is 5.22. The number of carbonyl (C=O) groups excluding carboxylic acids is 1. The van der Waals surface area contributed by atoms with Gasteiger partial charge in [-0.05, 0) is 56.0 Å². The van der Waals surface area contributed by atoms with E-state index in [0.29, 0.717) is 12.6 Å². The Kier molecular flexibility index (Phi) is 4.72. The molecule has 2 heterocycles. The Hall–Kier alpha value is -1.59. The van der Waals surface area contributed by atoms with E-state index in [-0.39, 0.29) is 5.91 Å². The molecule has 0 bridgehead atoms. The molecule has 1 saturated carbocycles. The third-order valence-corrected chi connectivity index (χ3v) is 5.75. The van der Waals surface area contributed by atoms with Gasteiger partial charge < -0.3 is 15.0 Å². The second-order valence-electron chi connectivity index (χ2n) is 7.21. The van der Waals surface area contributed by atoms with Crippen LogP contribution in [-0.2, 0) is 9.53 Å². The highest BCUT2D eigenvalue weighted by Crippen LogP contribution is 2.37. The minimum absolute atomic E-state index is 0.113. The van der Waals surface area contributed by atoms with Crippen LogP contribution in [0, 0.1) is 5.92 Å². The summed E-state index contributed by atoms with van der Waals surface area (Å²) < 4.78 is 5.39. The van der Waals surface area contributed by atoms with E-state index in [1.165, 1.54) is 31.4 Å². The van der Waals surface area contributed by atoms with Gasteiger partial charge in [0.1, 0.15) is 0 Å². The minimum Gasteiger partial charge on any atom is -0.378 e. The molecule has 3 aliphatic rings. The van der Waals surface area contributed by atoms with Gasteiger partial charge in [0.05, 0.1) is 19.8 Å². The number of morpholine rings is 1. The lowest BCUT2D eigenvalue weighted by molar-refractivity contribution is -0.117. The molecule has 0 radical (unpaired) electrons. The van der Waals surface area contributed by atoms with Crippen LogP contribution in [0.3, 0.4) is 0 Å². The zero-order valence-electron chi connectivity index (χ0n) is 14.2. The average Bonchev–Trinajstić information content (AvgIpc) is 3.22. The Morgan fingerprint density at radius 1 is 1.08 bits per heavy atom. The van der Waals surface area contributed by atoms with Crippen molar-refractivity contribution in [2.24, 2.45) is 5.92 Å². The molecule has 130 valence electrons. The highest BCUT2D eigenvalue weighted by molar-refractivity contribution is 5.92. The monoisotopic (exact) mass is 329 g/mol. The van der Waals surface area contributed by atoms with Crippen molar-refractivity contribution in [3.63, 3.8) is 0 Å². The highest BCUT2D eigenvalue weighted by atomic mass is 16.5. The number of nitrogens with zero attached hydrogens (tertiary/aromatic N) is 2. The Morgan fingerprint density at radius 2 is 1.88 bits per heavy atom. The molecule has 2 aliphatic heterocycles. The van der Waals surface area contributed by atoms with Gasteiger partial charge >= 0.3 is 0 Å². The molecule has 2 unspecified atom stereocenters. The van der Waals surface area contributed by atoms with Crippen molar-refractivity contribution >= 4 is 17.3 Å². The van der Waals surface area contributed by atoms with E-state index in [1.54, 1.807) is 0 Å². The van der Waals surface area contributed by atoms with E-state index in [2.05, 4.69) is 27.2 Å². The third kappa shape index (κ3) is 3.42. The van der Waals surface area contributed by atoms with Gasteiger partial charge in [-0.2, -0.15) is 0 Å². The number of ether oxygens (including phenoxy) is 1. The zero-order valence-corrected chi connectivity index (χ0v) is 14.2. The molecule has 2 saturated heterocycles. The van der Waals surface area contributed by atoms with Gasteiger partial charge in [0, 0.05) is 30.5 Å². The van der Waals surface area contributed by atoms with Crippen molar-refractivity contribution in [2.45, 2.75) is 31.7 Å². The first-order valence-electron chi connectivity index (χ1n) is 9.26. The number of likely N-dealkylation sites (tertiary alicyclic amines) is 1. The summed E-state index contributed by atoms with van der Waals surface area (Å²) in [4.78, 5) is 17.1. The molecular weight excluding hydrogens is 302 g/mol. The normalized spacial score (nSPS) is 27.2. The Balaban J connectivity index is 1.30. The van der Waals surface area contributed by atoms with Gasteiger partial charge in [0.15, 0.2) is 0 Å². The predicted molar refractivity (Wildman–Crippen MR) is 95.4 cm³/mol. The van der Waals surface area contributed by atoms with Gasteiger partial charge in [-0.1, -0.05) is 6.42 Å².